The van der Waals surface area contributed by atoms with Crippen LogP contribution in [0, 0.1) is 24.0 Å². The van der Waals surface area contributed by atoms with E-state index in [9.17, 15) is 14.9 Å². The molecule has 6 nitrogen and oxygen atoms in total. The maximum absolute atomic E-state index is 12.5. The third-order valence-electron chi connectivity index (χ3n) is 3.68. The second-order valence-corrected chi connectivity index (χ2v) is 6.87. The fraction of sp³-hybridized carbons (Fsp3) is 0.333. The summed E-state index contributed by atoms with van der Waals surface area (Å²) in [4.78, 5) is 27.6. The normalized spacial score (nSPS) is 11.2. The van der Waals surface area contributed by atoms with Crippen molar-refractivity contribution in [1.29, 1.82) is 0 Å². The van der Waals surface area contributed by atoms with E-state index in [1.807, 2.05) is 20.8 Å². The summed E-state index contributed by atoms with van der Waals surface area (Å²) in [5.74, 6) is -0.391. The molecule has 126 valence electrons. The Kier molecular flexibility index (Phi) is 4.68. The summed E-state index contributed by atoms with van der Waals surface area (Å²) in [6, 6.07) is 6.57. The number of hydrogen-bond acceptors (Lipinski definition) is 4. The Bertz CT molecular complexity index is 808. The molecule has 0 unspecified atom stereocenters. The largest absolute Gasteiger partial charge is 0.316 e. The van der Waals surface area contributed by atoms with Crippen molar-refractivity contribution in [3.63, 3.8) is 0 Å². The van der Waals surface area contributed by atoms with E-state index in [2.05, 4.69) is 10.3 Å². The first-order chi connectivity index (χ1) is 11.1. The predicted octanol–water partition coefficient (Wildman–Crippen LogP) is 4.16. The van der Waals surface area contributed by atoms with Gasteiger partial charge < -0.3 is 5.32 Å². The predicted molar refractivity (Wildman–Crippen MR) is 93.5 cm³/mol. The maximum Gasteiger partial charge on any atom is 0.293 e. The van der Waals surface area contributed by atoms with Crippen molar-refractivity contribution in [2.24, 2.45) is 0 Å². The number of benzene rings is 1. The number of carbonyl (C=O) groups excluding carboxylic acids is 1. The highest BCUT2D eigenvalue weighted by Gasteiger charge is 2.21. The topological polar surface area (TPSA) is 85.1 Å². The van der Waals surface area contributed by atoms with Crippen molar-refractivity contribution in [1.82, 2.24) is 4.98 Å². The molecule has 0 aliphatic carbocycles. The molecule has 0 aliphatic rings. The maximum atomic E-state index is 12.5. The summed E-state index contributed by atoms with van der Waals surface area (Å²) in [7, 11) is 0. The highest BCUT2D eigenvalue weighted by molar-refractivity contribution is 6.06. The zero-order chi connectivity index (χ0) is 18.1. The highest BCUT2D eigenvalue weighted by Crippen LogP contribution is 2.30. The molecule has 2 rings (SSSR count). The molecule has 0 spiro atoms. The Morgan fingerprint density at radius 2 is 1.88 bits per heavy atom. The van der Waals surface area contributed by atoms with E-state index in [0.717, 1.165) is 11.3 Å². The van der Waals surface area contributed by atoms with Gasteiger partial charge in [0.25, 0.3) is 11.6 Å². The summed E-state index contributed by atoms with van der Waals surface area (Å²) < 4.78 is 0. The van der Waals surface area contributed by atoms with Gasteiger partial charge in [-0.1, -0.05) is 26.8 Å². The molecule has 0 atom stereocenters. The summed E-state index contributed by atoms with van der Waals surface area (Å²) in [6.45, 7) is 9.54. The van der Waals surface area contributed by atoms with Crippen LogP contribution in [-0.4, -0.2) is 15.8 Å². The van der Waals surface area contributed by atoms with Crippen LogP contribution in [0.2, 0.25) is 0 Å². The number of nitro benzene ring substituents is 1. The van der Waals surface area contributed by atoms with Crippen molar-refractivity contribution >= 4 is 17.3 Å². The monoisotopic (exact) mass is 327 g/mol. The Balaban J connectivity index is 2.39. The minimum atomic E-state index is -0.483. The average Bonchev–Trinajstić information content (AvgIpc) is 2.48. The summed E-state index contributed by atoms with van der Waals surface area (Å²) in [5, 5.41) is 13.9. The number of anilines is 1. The molecular weight excluding hydrogens is 306 g/mol. The van der Waals surface area contributed by atoms with Crippen LogP contribution in [0.15, 0.2) is 30.5 Å². The molecule has 1 amide bonds. The molecule has 24 heavy (non-hydrogen) atoms. The van der Waals surface area contributed by atoms with Crippen LogP contribution >= 0.6 is 0 Å². The van der Waals surface area contributed by atoms with Crippen LogP contribution in [0.4, 0.5) is 11.4 Å². The van der Waals surface area contributed by atoms with Gasteiger partial charge in [0, 0.05) is 28.9 Å². The van der Waals surface area contributed by atoms with E-state index in [1.54, 1.807) is 38.2 Å². The van der Waals surface area contributed by atoms with Crippen molar-refractivity contribution in [3.05, 3.63) is 63.0 Å². The highest BCUT2D eigenvalue weighted by atomic mass is 16.6. The van der Waals surface area contributed by atoms with Gasteiger partial charge in [0.05, 0.1) is 4.92 Å². The van der Waals surface area contributed by atoms with Crippen LogP contribution in [0.1, 0.15) is 48.0 Å². The van der Waals surface area contributed by atoms with Gasteiger partial charge in [-0.2, -0.15) is 0 Å². The molecule has 1 aromatic carbocycles. The van der Waals surface area contributed by atoms with Crippen LogP contribution in [0.25, 0.3) is 0 Å². The Morgan fingerprint density at radius 3 is 2.46 bits per heavy atom. The van der Waals surface area contributed by atoms with Crippen molar-refractivity contribution in [2.45, 2.75) is 40.0 Å². The molecule has 2 aromatic rings. The number of hydrogen-bond donors (Lipinski definition) is 1. The van der Waals surface area contributed by atoms with E-state index < -0.39 is 10.8 Å². The number of pyridine rings is 1. The van der Waals surface area contributed by atoms with Gasteiger partial charge in [-0.25, -0.2) is 0 Å². The minimum absolute atomic E-state index is 0.106. The third-order valence-corrected chi connectivity index (χ3v) is 3.68. The van der Waals surface area contributed by atoms with Gasteiger partial charge in [-0.15, -0.1) is 0 Å². The molecule has 1 aromatic heterocycles. The number of aromatic nitrogens is 1. The molecule has 0 aliphatic heterocycles. The van der Waals surface area contributed by atoms with Crippen molar-refractivity contribution in [3.8, 4) is 0 Å². The molecule has 0 saturated heterocycles. The van der Waals surface area contributed by atoms with Gasteiger partial charge in [-0.3, -0.25) is 19.9 Å². The van der Waals surface area contributed by atoms with Gasteiger partial charge in [-0.05, 0) is 37.1 Å². The van der Waals surface area contributed by atoms with Gasteiger partial charge in [0.1, 0.15) is 5.69 Å². The molecule has 1 N–H and O–H groups in total. The number of rotatable bonds is 3. The fourth-order valence-electron chi connectivity index (χ4n) is 2.42. The van der Waals surface area contributed by atoms with Crippen LogP contribution in [0.5, 0.6) is 0 Å². The lowest BCUT2D eigenvalue weighted by Gasteiger charge is -2.18. The number of amides is 1. The van der Waals surface area contributed by atoms with Crippen molar-refractivity contribution < 1.29 is 9.72 Å². The van der Waals surface area contributed by atoms with E-state index in [0.29, 0.717) is 11.1 Å². The first-order valence-corrected chi connectivity index (χ1v) is 7.63. The summed E-state index contributed by atoms with van der Waals surface area (Å²) in [5.41, 5.74) is 2.56. The number of aryl methyl sites for hydroxylation is 2. The quantitative estimate of drug-likeness (QED) is 0.677. The number of nitro groups is 1. The molecular formula is C18H21N3O3. The number of nitrogens with one attached hydrogen (secondary N) is 1. The molecule has 0 radical (unpaired) electrons. The van der Waals surface area contributed by atoms with Crippen LogP contribution in [-0.2, 0) is 5.41 Å². The lowest BCUT2D eigenvalue weighted by atomic mass is 9.91. The van der Waals surface area contributed by atoms with Crippen molar-refractivity contribution in [2.75, 3.05) is 5.32 Å². The minimum Gasteiger partial charge on any atom is -0.316 e. The second-order valence-electron chi connectivity index (χ2n) is 6.87. The molecule has 0 bridgehead atoms. The number of nitrogens with zero attached hydrogens (tertiary/aromatic N) is 2. The van der Waals surface area contributed by atoms with E-state index in [-0.39, 0.29) is 16.8 Å². The van der Waals surface area contributed by atoms with E-state index in [1.165, 1.54) is 6.07 Å². The SMILES string of the molecule is Cc1cc(C)c(NC(=O)c2ccnc(C(C)(C)C)c2)c([N+](=O)[O-])c1. The van der Waals surface area contributed by atoms with Gasteiger partial charge >= 0.3 is 0 Å². The van der Waals surface area contributed by atoms with Gasteiger partial charge in [0.2, 0.25) is 0 Å². The average molecular weight is 327 g/mol. The lowest BCUT2D eigenvalue weighted by Crippen LogP contribution is -2.18. The standard InChI is InChI=1S/C18H21N3O3/c1-11-8-12(2)16(14(9-11)21(23)24)20-17(22)13-6-7-19-15(10-13)18(3,4)5/h6-10H,1-5H3,(H,20,22). The third kappa shape index (κ3) is 3.76. The Labute approximate surface area is 141 Å². The Hall–Kier alpha value is -2.76. The molecule has 1 heterocycles. The summed E-state index contributed by atoms with van der Waals surface area (Å²) >= 11 is 0. The van der Waals surface area contributed by atoms with E-state index in [4.69, 9.17) is 0 Å². The molecule has 0 saturated carbocycles. The van der Waals surface area contributed by atoms with Crippen LogP contribution in [0.3, 0.4) is 0 Å². The second kappa shape index (κ2) is 6.39. The van der Waals surface area contributed by atoms with Crippen LogP contribution < -0.4 is 5.32 Å². The number of carbonyl (C=O) groups is 1. The van der Waals surface area contributed by atoms with Gasteiger partial charge in [0.15, 0.2) is 0 Å². The first-order valence-electron chi connectivity index (χ1n) is 7.63. The zero-order valence-electron chi connectivity index (χ0n) is 14.5. The molecule has 0 fully saturated rings. The lowest BCUT2D eigenvalue weighted by molar-refractivity contribution is -0.384. The summed E-state index contributed by atoms with van der Waals surface area (Å²) in [6.07, 6.45) is 1.58. The molecule has 6 heteroatoms. The van der Waals surface area contributed by atoms with E-state index >= 15 is 0 Å². The smallest absolute Gasteiger partial charge is 0.293 e. The fourth-order valence-corrected chi connectivity index (χ4v) is 2.42. The first kappa shape index (κ1) is 17.6. The zero-order valence-corrected chi connectivity index (χ0v) is 14.5. The Morgan fingerprint density at radius 1 is 1.21 bits per heavy atom.